The minimum Gasteiger partial charge on any atom is -0.346 e. The summed E-state index contributed by atoms with van der Waals surface area (Å²) in [6, 6.07) is 3.92. The van der Waals surface area contributed by atoms with Crippen LogP contribution in [0.1, 0.15) is 0 Å². The van der Waals surface area contributed by atoms with Crippen molar-refractivity contribution in [2.45, 2.75) is 0 Å². The molecule has 0 unspecified atom stereocenters. The third-order valence-electron chi connectivity index (χ3n) is 2.19. The normalized spacial score (nSPS) is 11.1. The highest BCUT2D eigenvalue weighted by atomic mass is 32.1. The average Bonchev–Trinajstić information content (AvgIpc) is 2.62. The second kappa shape index (κ2) is 2.62. The first-order valence-corrected chi connectivity index (χ1v) is 4.56. The lowest BCUT2D eigenvalue weighted by molar-refractivity contribution is 1.21. The van der Waals surface area contributed by atoms with Gasteiger partial charge in [-0.3, -0.25) is 0 Å². The highest BCUT2D eigenvalue weighted by Gasteiger charge is 2.00. The summed E-state index contributed by atoms with van der Waals surface area (Å²) < 4.78 is 0.607. The minimum absolute atomic E-state index is 0.607. The number of benzene rings is 1. The molecule has 0 radical (unpaired) electrons. The van der Waals surface area contributed by atoms with Crippen molar-refractivity contribution < 1.29 is 0 Å². The molecule has 14 heavy (non-hydrogen) atoms. The number of nitrogens with one attached hydrogen (secondary N) is 2. The van der Waals surface area contributed by atoms with Crippen molar-refractivity contribution in [1.82, 2.24) is 19.9 Å². The van der Waals surface area contributed by atoms with Gasteiger partial charge in [0, 0.05) is 5.39 Å². The second-order valence-corrected chi connectivity index (χ2v) is 3.41. The number of hydrogen-bond acceptors (Lipinski definition) is 3. The Hall–Kier alpha value is -1.75. The van der Waals surface area contributed by atoms with Gasteiger partial charge in [0.2, 0.25) is 0 Å². The summed E-state index contributed by atoms with van der Waals surface area (Å²) >= 11 is 5.13. The van der Waals surface area contributed by atoms with Crippen LogP contribution >= 0.6 is 12.2 Å². The van der Waals surface area contributed by atoms with Gasteiger partial charge >= 0.3 is 0 Å². The zero-order valence-corrected chi connectivity index (χ0v) is 7.93. The summed E-state index contributed by atoms with van der Waals surface area (Å²) in [7, 11) is 0. The lowest BCUT2D eigenvalue weighted by atomic mass is 10.2. The Morgan fingerprint density at radius 2 is 1.79 bits per heavy atom. The molecule has 2 aromatic heterocycles. The Labute approximate surface area is 84.0 Å². The second-order valence-electron chi connectivity index (χ2n) is 3.03. The van der Waals surface area contributed by atoms with E-state index in [-0.39, 0.29) is 0 Å². The van der Waals surface area contributed by atoms with Gasteiger partial charge in [0.25, 0.3) is 0 Å². The molecule has 0 saturated carbocycles. The van der Waals surface area contributed by atoms with Gasteiger partial charge in [0.15, 0.2) is 0 Å². The fraction of sp³-hybridized carbons (Fsp3) is 0. The van der Waals surface area contributed by atoms with Crippen LogP contribution in [0.25, 0.3) is 21.9 Å². The van der Waals surface area contributed by atoms with Crippen molar-refractivity contribution in [2.24, 2.45) is 0 Å². The molecule has 2 heterocycles. The van der Waals surface area contributed by atoms with Crippen molar-refractivity contribution in [3.63, 3.8) is 0 Å². The molecule has 0 atom stereocenters. The molecule has 0 aliphatic rings. The maximum absolute atomic E-state index is 5.13. The van der Waals surface area contributed by atoms with Gasteiger partial charge in [-0.25, -0.2) is 9.97 Å². The summed E-state index contributed by atoms with van der Waals surface area (Å²) in [6.07, 6.45) is 3.27. The van der Waals surface area contributed by atoms with Crippen molar-refractivity contribution in [3.8, 4) is 0 Å². The lowest BCUT2D eigenvalue weighted by Gasteiger charge is -1.96. The molecule has 0 fully saturated rings. The number of fused-ring (bicyclic) bond motifs is 2. The van der Waals surface area contributed by atoms with Gasteiger partial charge in [0.1, 0.15) is 4.64 Å². The summed E-state index contributed by atoms with van der Waals surface area (Å²) in [5, 5.41) is 0.944. The SMILES string of the molecule is S=c1nc[nH]c2cc3nc[nH]c3cc12. The zero-order chi connectivity index (χ0) is 9.54. The first kappa shape index (κ1) is 7.64. The first-order chi connectivity index (χ1) is 6.84. The van der Waals surface area contributed by atoms with Crippen molar-refractivity contribution in [3.05, 3.63) is 29.4 Å². The Morgan fingerprint density at radius 1 is 1.00 bits per heavy atom. The van der Waals surface area contributed by atoms with Crippen molar-refractivity contribution in [2.75, 3.05) is 0 Å². The Bertz CT molecular complexity index is 667. The molecule has 4 nitrogen and oxygen atoms in total. The van der Waals surface area contributed by atoms with Crippen LogP contribution in [0, 0.1) is 4.64 Å². The number of H-pyrrole nitrogens is 2. The van der Waals surface area contributed by atoms with E-state index in [0.717, 1.165) is 21.9 Å². The molecule has 2 N–H and O–H groups in total. The van der Waals surface area contributed by atoms with E-state index in [1.165, 1.54) is 0 Å². The summed E-state index contributed by atoms with van der Waals surface area (Å²) in [5.74, 6) is 0. The largest absolute Gasteiger partial charge is 0.346 e. The summed E-state index contributed by atoms with van der Waals surface area (Å²) in [5.41, 5.74) is 2.86. The van der Waals surface area contributed by atoms with Gasteiger partial charge in [-0.05, 0) is 12.1 Å². The predicted octanol–water partition coefficient (Wildman–Crippen LogP) is 2.17. The van der Waals surface area contributed by atoms with Crippen LogP contribution in [0.15, 0.2) is 24.8 Å². The van der Waals surface area contributed by atoms with E-state index >= 15 is 0 Å². The van der Waals surface area contributed by atoms with Gasteiger partial charge in [0.05, 0.1) is 29.2 Å². The first-order valence-electron chi connectivity index (χ1n) is 4.15. The Morgan fingerprint density at radius 3 is 2.71 bits per heavy atom. The smallest absolute Gasteiger partial charge is 0.137 e. The van der Waals surface area contributed by atoms with Gasteiger partial charge < -0.3 is 9.97 Å². The minimum atomic E-state index is 0.607. The molecule has 68 valence electrons. The number of hydrogen-bond donors (Lipinski definition) is 2. The highest BCUT2D eigenvalue weighted by molar-refractivity contribution is 7.71. The van der Waals surface area contributed by atoms with Gasteiger partial charge in [-0.15, -0.1) is 0 Å². The van der Waals surface area contributed by atoms with E-state index in [2.05, 4.69) is 19.9 Å². The lowest BCUT2D eigenvalue weighted by Crippen LogP contribution is -1.83. The number of nitrogens with zero attached hydrogens (tertiary/aromatic N) is 2. The molecule has 0 spiro atoms. The third kappa shape index (κ3) is 0.958. The van der Waals surface area contributed by atoms with Crippen LogP contribution < -0.4 is 0 Å². The number of rotatable bonds is 0. The van der Waals surface area contributed by atoms with E-state index in [1.54, 1.807) is 12.7 Å². The third-order valence-corrected chi connectivity index (χ3v) is 2.52. The predicted molar refractivity (Wildman–Crippen MR) is 56.6 cm³/mol. The Kier molecular flexibility index (Phi) is 1.43. The van der Waals surface area contributed by atoms with E-state index in [9.17, 15) is 0 Å². The van der Waals surface area contributed by atoms with Crippen molar-refractivity contribution >= 4 is 34.2 Å². The van der Waals surface area contributed by atoms with Crippen LogP contribution in [0.2, 0.25) is 0 Å². The van der Waals surface area contributed by atoms with Crippen molar-refractivity contribution in [1.29, 1.82) is 0 Å². The molecule has 0 saturated heterocycles. The van der Waals surface area contributed by atoms with E-state index < -0.39 is 0 Å². The van der Waals surface area contributed by atoms with Crippen LogP contribution in [-0.4, -0.2) is 19.9 Å². The quantitative estimate of drug-likeness (QED) is 0.549. The maximum Gasteiger partial charge on any atom is 0.137 e. The van der Waals surface area contributed by atoms with Crippen LogP contribution in [0.4, 0.5) is 0 Å². The van der Waals surface area contributed by atoms with E-state index in [4.69, 9.17) is 12.2 Å². The topological polar surface area (TPSA) is 57.4 Å². The maximum atomic E-state index is 5.13. The zero-order valence-electron chi connectivity index (χ0n) is 7.11. The molecule has 5 heteroatoms. The molecule has 0 aliphatic heterocycles. The number of imidazole rings is 1. The molecule has 1 aromatic carbocycles. The fourth-order valence-electron chi connectivity index (χ4n) is 1.51. The Balaban J connectivity index is 2.63. The van der Waals surface area contributed by atoms with Gasteiger partial charge in [-0.1, -0.05) is 12.2 Å². The molecule has 3 rings (SSSR count). The number of aromatic amines is 2. The van der Waals surface area contributed by atoms with E-state index in [0.29, 0.717) is 4.64 Å². The monoisotopic (exact) mass is 202 g/mol. The molecule has 0 aliphatic carbocycles. The molecule has 0 bridgehead atoms. The summed E-state index contributed by atoms with van der Waals surface area (Å²) in [4.78, 5) is 14.3. The van der Waals surface area contributed by atoms with Crippen LogP contribution in [0.5, 0.6) is 0 Å². The molecular formula is C9H6N4S. The highest BCUT2D eigenvalue weighted by Crippen LogP contribution is 2.18. The van der Waals surface area contributed by atoms with Crippen LogP contribution in [-0.2, 0) is 0 Å². The summed E-state index contributed by atoms with van der Waals surface area (Å²) in [6.45, 7) is 0. The fourth-order valence-corrected chi connectivity index (χ4v) is 1.73. The number of aromatic nitrogens is 4. The van der Waals surface area contributed by atoms with Crippen LogP contribution in [0.3, 0.4) is 0 Å². The molecule has 3 aromatic rings. The standard InChI is InChI=1S/C9H6N4S/c14-9-5-1-7-8(12-3-11-7)2-6(5)10-4-13-9/h1-4H,(H,11,12)(H,10,13,14). The van der Waals surface area contributed by atoms with E-state index in [1.807, 2.05) is 12.1 Å². The van der Waals surface area contributed by atoms with Gasteiger partial charge in [-0.2, -0.15) is 0 Å². The average molecular weight is 202 g/mol. The molecule has 0 amide bonds. The molecular weight excluding hydrogens is 196 g/mol.